The molecule has 0 aromatic heterocycles. The third-order valence-electron chi connectivity index (χ3n) is 10.2. The lowest BCUT2D eigenvalue weighted by Gasteiger charge is -2.63. The molecule has 32 heavy (non-hydrogen) atoms. The zero-order valence-electron chi connectivity index (χ0n) is 19.4. The Labute approximate surface area is 190 Å². The van der Waals surface area contributed by atoms with Crippen LogP contribution >= 0.6 is 0 Å². The van der Waals surface area contributed by atoms with Crippen LogP contribution in [0.4, 0.5) is 0 Å². The average Bonchev–Trinajstić information content (AvgIpc) is 3.29. The molecular weight excluding hydrogens is 404 g/mol. The number of aliphatic hydroxyl groups is 2. The smallest absolute Gasteiger partial charge is 0.248 e. The van der Waals surface area contributed by atoms with Gasteiger partial charge in [-0.25, -0.2) is 10.4 Å². The number of hydrogen-bond acceptors (Lipinski definition) is 6. The summed E-state index contributed by atoms with van der Waals surface area (Å²) in [7, 11) is 0. The predicted octanol–water partition coefficient (Wildman–Crippen LogP) is 2.74. The van der Waals surface area contributed by atoms with Gasteiger partial charge in [0.05, 0.1) is 11.7 Å². The van der Waals surface area contributed by atoms with E-state index < -0.39 is 5.60 Å². The molecule has 7 heteroatoms. The molecule has 4 saturated carbocycles. The molecule has 0 aromatic carbocycles. The molecule has 0 aromatic rings. The molecular formula is C25H38N4O3. The number of fused-ring (bicyclic) bond motifs is 5. The lowest BCUT2D eigenvalue weighted by atomic mass is 9.43. The van der Waals surface area contributed by atoms with Crippen LogP contribution in [0.1, 0.15) is 71.6 Å². The van der Waals surface area contributed by atoms with E-state index in [0.29, 0.717) is 29.6 Å². The van der Waals surface area contributed by atoms with Gasteiger partial charge in [-0.3, -0.25) is 10.1 Å². The number of hydrogen-bond donors (Lipinski definition) is 4. The number of carbonyl (C=O) groups excluding carboxylic acids is 1. The Bertz CT molecular complexity index is 856. The SMILES string of the molecule is C[C@]12CC[C@H](O)C[C@H]1CC[C@@H]1[C@@H]2CC[C@]2(C)[C@@H](/C=C/C=N/NC3=NCC(=O)N3)CC[C@]12O. The van der Waals surface area contributed by atoms with E-state index in [1.54, 1.807) is 6.21 Å². The number of allylic oxidation sites excluding steroid dienone is 2. The van der Waals surface area contributed by atoms with Crippen molar-refractivity contribution in [2.75, 3.05) is 6.54 Å². The zero-order valence-corrected chi connectivity index (χ0v) is 19.4. The van der Waals surface area contributed by atoms with E-state index in [0.717, 1.165) is 51.4 Å². The molecule has 5 aliphatic rings. The Hall–Kier alpha value is -1.73. The lowest BCUT2D eigenvalue weighted by Crippen LogP contribution is -2.62. The quantitative estimate of drug-likeness (QED) is 0.398. The highest BCUT2D eigenvalue weighted by Crippen LogP contribution is 2.69. The molecule has 0 saturated heterocycles. The number of guanidine groups is 1. The predicted molar refractivity (Wildman–Crippen MR) is 124 cm³/mol. The number of amides is 1. The van der Waals surface area contributed by atoms with Crippen LogP contribution in [0.5, 0.6) is 0 Å². The first-order valence-electron chi connectivity index (χ1n) is 12.5. The van der Waals surface area contributed by atoms with Crippen LogP contribution in [-0.2, 0) is 4.79 Å². The van der Waals surface area contributed by atoms with Crippen molar-refractivity contribution in [1.29, 1.82) is 0 Å². The van der Waals surface area contributed by atoms with Crippen molar-refractivity contribution in [3.63, 3.8) is 0 Å². The van der Waals surface area contributed by atoms with Crippen molar-refractivity contribution in [2.45, 2.75) is 83.3 Å². The molecule has 4 aliphatic carbocycles. The molecule has 0 bridgehead atoms. The molecule has 1 heterocycles. The first-order valence-corrected chi connectivity index (χ1v) is 12.5. The summed E-state index contributed by atoms with van der Waals surface area (Å²) < 4.78 is 0. The highest BCUT2D eigenvalue weighted by molar-refractivity contribution is 6.02. The summed E-state index contributed by atoms with van der Waals surface area (Å²) in [5.74, 6) is 2.15. The fraction of sp³-hybridized carbons (Fsp3) is 0.800. The van der Waals surface area contributed by atoms with E-state index in [1.165, 1.54) is 6.42 Å². The van der Waals surface area contributed by atoms with Crippen LogP contribution < -0.4 is 10.7 Å². The number of carbonyl (C=O) groups is 1. The van der Waals surface area contributed by atoms with Crippen molar-refractivity contribution in [3.05, 3.63) is 12.2 Å². The second-order valence-corrected chi connectivity index (χ2v) is 11.4. The van der Waals surface area contributed by atoms with Crippen molar-refractivity contribution in [3.8, 4) is 0 Å². The van der Waals surface area contributed by atoms with E-state index in [9.17, 15) is 15.0 Å². The van der Waals surface area contributed by atoms with Gasteiger partial charge in [-0.05, 0) is 93.0 Å². The normalized spacial score (nSPS) is 48.3. The van der Waals surface area contributed by atoms with Crippen molar-refractivity contribution >= 4 is 18.1 Å². The Kier molecular flexibility index (Phi) is 5.48. The second-order valence-electron chi connectivity index (χ2n) is 11.4. The molecule has 0 spiro atoms. The minimum atomic E-state index is -0.604. The van der Waals surface area contributed by atoms with Crippen LogP contribution in [0.25, 0.3) is 0 Å². The van der Waals surface area contributed by atoms with Crippen LogP contribution in [-0.4, -0.2) is 46.5 Å². The summed E-state index contributed by atoms with van der Waals surface area (Å²) in [5.41, 5.74) is 2.31. The lowest BCUT2D eigenvalue weighted by molar-refractivity contribution is -0.207. The first-order chi connectivity index (χ1) is 15.3. The van der Waals surface area contributed by atoms with Gasteiger partial charge >= 0.3 is 0 Å². The number of rotatable bonds is 3. The number of nitrogens with zero attached hydrogens (tertiary/aromatic N) is 2. The first kappa shape index (κ1) is 22.1. The van der Waals surface area contributed by atoms with Gasteiger partial charge in [0.25, 0.3) is 0 Å². The maximum atomic E-state index is 12.2. The van der Waals surface area contributed by atoms with Crippen LogP contribution in [0, 0.1) is 34.5 Å². The molecule has 0 unspecified atom stereocenters. The van der Waals surface area contributed by atoms with Gasteiger partial charge in [0.15, 0.2) is 0 Å². The summed E-state index contributed by atoms with van der Waals surface area (Å²) in [6.45, 7) is 4.91. The van der Waals surface area contributed by atoms with Crippen molar-refractivity contribution < 1.29 is 15.0 Å². The van der Waals surface area contributed by atoms with E-state index in [2.05, 4.69) is 40.8 Å². The Morgan fingerprint density at radius 3 is 2.75 bits per heavy atom. The molecule has 0 radical (unpaired) electrons. The molecule has 7 nitrogen and oxygen atoms in total. The summed E-state index contributed by atoms with van der Waals surface area (Å²) in [6, 6.07) is 0. The van der Waals surface area contributed by atoms with Crippen LogP contribution in [0.15, 0.2) is 22.2 Å². The number of aliphatic hydroxyl groups excluding tert-OH is 1. The number of aliphatic imine (C=N–C) groups is 1. The van der Waals surface area contributed by atoms with Gasteiger partial charge < -0.3 is 10.2 Å². The molecule has 4 N–H and O–H groups in total. The topological polar surface area (TPSA) is 106 Å². The second kappa shape index (κ2) is 7.94. The van der Waals surface area contributed by atoms with Gasteiger partial charge in [0.2, 0.25) is 11.9 Å². The van der Waals surface area contributed by atoms with E-state index in [-0.39, 0.29) is 29.4 Å². The van der Waals surface area contributed by atoms with Gasteiger partial charge in [-0.1, -0.05) is 19.9 Å². The molecule has 8 atom stereocenters. The minimum absolute atomic E-state index is 0.104. The highest BCUT2D eigenvalue weighted by atomic mass is 16.3. The molecule has 176 valence electrons. The van der Waals surface area contributed by atoms with Crippen LogP contribution in [0.2, 0.25) is 0 Å². The number of hydrazone groups is 1. The maximum absolute atomic E-state index is 12.2. The fourth-order valence-electron chi connectivity index (χ4n) is 8.30. The highest BCUT2D eigenvalue weighted by Gasteiger charge is 2.66. The monoisotopic (exact) mass is 442 g/mol. The molecule has 5 rings (SSSR count). The van der Waals surface area contributed by atoms with Gasteiger partial charge in [0.1, 0.15) is 6.54 Å². The third kappa shape index (κ3) is 3.35. The largest absolute Gasteiger partial charge is 0.393 e. The standard InChI is InChI=1S/C25H38N4O3/c1-23-10-8-18(30)14-17(23)5-6-20-19(23)9-11-24(2)16(7-12-25(20,24)32)4-3-13-27-29-22-26-15-21(31)28-22/h3-4,13,16-20,30,32H,5-12,14-15H2,1-2H3,(H2,26,28,29,31)/b4-3+,27-13+/t16-,17+,18-,19-,20+,23-,24+,25-/m0/s1. The van der Waals surface area contributed by atoms with Crippen molar-refractivity contribution in [2.24, 2.45) is 44.6 Å². The zero-order chi connectivity index (χ0) is 22.6. The van der Waals surface area contributed by atoms with Gasteiger partial charge in [0, 0.05) is 11.6 Å². The summed E-state index contributed by atoms with van der Waals surface area (Å²) in [5, 5.41) is 29.1. The van der Waals surface area contributed by atoms with Gasteiger partial charge in [-0.15, -0.1) is 0 Å². The molecule has 1 amide bonds. The Morgan fingerprint density at radius 2 is 1.97 bits per heavy atom. The summed E-state index contributed by atoms with van der Waals surface area (Å²) in [4.78, 5) is 15.2. The van der Waals surface area contributed by atoms with Gasteiger partial charge in [-0.2, -0.15) is 5.10 Å². The van der Waals surface area contributed by atoms with E-state index in [4.69, 9.17) is 0 Å². The fourth-order valence-corrected chi connectivity index (χ4v) is 8.30. The number of nitrogens with one attached hydrogen (secondary N) is 2. The maximum Gasteiger partial charge on any atom is 0.248 e. The average molecular weight is 443 g/mol. The Balaban J connectivity index is 1.28. The van der Waals surface area contributed by atoms with Crippen LogP contribution in [0.3, 0.4) is 0 Å². The third-order valence-corrected chi connectivity index (χ3v) is 10.2. The van der Waals surface area contributed by atoms with E-state index in [1.807, 2.05) is 6.08 Å². The summed E-state index contributed by atoms with van der Waals surface area (Å²) in [6.07, 6.45) is 15.1. The minimum Gasteiger partial charge on any atom is -0.393 e. The van der Waals surface area contributed by atoms with Crippen molar-refractivity contribution in [1.82, 2.24) is 10.7 Å². The van der Waals surface area contributed by atoms with E-state index >= 15 is 0 Å². The Morgan fingerprint density at radius 1 is 1.12 bits per heavy atom. The molecule has 1 aliphatic heterocycles. The summed E-state index contributed by atoms with van der Waals surface area (Å²) >= 11 is 0. The molecule has 4 fully saturated rings.